The molecule has 0 bridgehead atoms. The van der Waals surface area contributed by atoms with E-state index in [1.54, 1.807) is 24.2 Å². The lowest BCUT2D eigenvalue weighted by molar-refractivity contribution is 0.632. The Morgan fingerprint density at radius 3 is 2.85 bits per heavy atom. The molecule has 2 N–H and O–H groups in total. The first-order valence-corrected chi connectivity index (χ1v) is 5.37. The molecule has 0 aromatic carbocycles. The van der Waals surface area contributed by atoms with Gasteiger partial charge < -0.3 is 5.73 Å². The zero-order valence-corrected chi connectivity index (χ0v) is 8.84. The van der Waals surface area contributed by atoms with Crippen molar-refractivity contribution in [2.45, 2.75) is 25.3 Å². The van der Waals surface area contributed by atoms with E-state index < -0.39 is 0 Å². The van der Waals surface area contributed by atoms with E-state index in [1.165, 1.54) is 6.42 Å². The van der Waals surface area contributed by atoms with E-state index in [-0.39, 0.29) is 0 Å². The van der Waals surface area contributed by atoms with E-state index in [1.807, 2.05) is 0 Å². The number of anilines is 1. The molecule has 13 heavy (non-hydrogen) atoms. The molecule has 0 unspecified atom stereocenters. The number of thioether (sulfide) groups is 1. The standard InChI is InChI=1S/C9H15N3S/c1-7(2)3-4-13-9-6-11-5-8(10)12-9/h5-7H,3-4H2,1-2H3,(H2,10,12). The second-order valence-corrected chi connectivity index (χ2v) is 4.43. The van der Waals surface area contributed by atoms with E-state index in [9.17, 15) is 0 Å². The van der Waals surface area contributed by atoms with Crippen LogP contribution in [0.5, 0.6) is 0 Å². The van der Waals surface area contributed by atoms with Crippen LogP contribution in [0.2, 0.25) is 0 Å². The van der Waals surface area contributed by atoms with Crippen LogP contribution in [-0.2, 0) is 0 Å². The third-order valence-corrected chi connectivity index (χ3v) is 2.51. The highest BCUT2D eigenvalue weighted by Gasteiger charge is 1.98. The predicted molar refractivity (Wildman–Crippen MR) is 56.6 cm³/mol. The molecule has 1 aromatic rings. The maximum Gasteiger partial charge on any atom is 0.143 e. The normalized spacial score (nSPS) is 10.7. The van der Waals surface area contributed by atoms with E-state index in [0.717, 1.165) is 16.7 Å². The molecule has 0 radical (unpaired) electrons. The van der Waals surface area contributed by atoms with Gasteiger partial charge >= 0.3 is 0 Å². The smallest absolute Gasteiger partial charge is 0.143 e. The third kappa shape index (κ3) is 4.12. The summed E-state index contributed by atoms with van der Waals surface area (Å²) in [5, 5.41) is 0.917. The van der Waals surface area contributed by atoms with Gasteiger partial charge in [0.25, 0.3) is 0 Å². The van der Waals surface area contributed by atoms with Crippen LogP contribution in [0.15, 0.2) is 17.4 Å². The van der Waals surface area contributed by atoms with E-state index in [4.69, 9.17) is 5.73 Å². The average molecular weight is 197 g/mol. The number of nitrogens with zero attached hydrogens (tertiary/aromatic N) is 2. The lowest BCUT2D eigenvalue weighted by atomic mass is 10.2. The van der Waals surface area contributed by atoms with Gasteiger partial charge in [-0.05, 0) is 18.1 Å². The summed E-state index contributed by atoms with van der Waals surface area (Å²) in [6.45, 7) is 4.43. The molecule has 0 spiro atoms. The van der Waals surface area contributed by atoms with Crippen molar-refractivity contribution in [3.63, 3.8) is 0 Å². The molecule has 0 saturated heterocycles. The van der Waals surface area contributed by atoms with Gasteiger partial charge in [-0.15, -0.1) is 11.8 Å². The Kier molecular flexibility index (Phi) is 4.02. The minimum absolute atomic E-state index is 0.495. The predicted octanol–water partition coefficient (Wildman–Crippen LogP) is 2.20. The lowest BCUT2D eigenvalue weighted by Gasteiger charge is -2.03. The van der Waals surface area contributed by atoms with Gasteiger partial charge in [-0.25, -0.2) is 4.98 Å². The van der Waals surface area contributed by atoms with Crippen LogP contribution in [0.4, 0.5) is 5.82 Å². The summed E-state index contributed by atoms with van der Waals surface area (Å²) in [4.78, 5) is 8.12. The SMILES string of the molecule is CC(C)CCSc1cncc(N)n1. The van der Waals surface area contributed by atoms with Gasteiger partial charge in [0, 0.05) is 0 Å². The van der Waals surface area contributed by atoms with Crippen LogP contribution < -0.4 is 5.73 Å². The van der Waals surface area contributed by atoms with Crippen molar-refractivity contribution in [3.05, 3.63) is 12.4 Å². The van der Waals surface area contributed by atoms with Crippen LogP contribution in [0.3, 0.4) is 0 Å². The molecule has 0 aliphatic carbocycles. The maximum atomic E-state index is 5.50. The van der Waals surface area contributed by atoms with Crippen LogP contribution in [0.25, 0.3) is 0 Å². The number of nitrogens with two attached hydrogens (primary N) is 1. The highest BCUT2D eigenvalue weighted by atomic mass is 32.2. The quantitative estimate of drug-likeness (QED) is 0.752. The van der Waals surface area contributed by atoms with Gasteiger partial charge in [0.05, 0.1) is 12.4 Å². The van der Waals surface area contributed by atoms with Crippen LogP contribution in [0, 0.1) is 5.92 Å². The first-order valence-electron chi connectivity index (χ1n) is 4.39. The molecule has 1 heterocycles. The summed E-state index contributed by atoms with van der Waals surface area (Å²) in [6.07, 6.45) is 4.51. The lowest BCUT2D eigenvalue weighted by Crippen LogP contribution is -1.94. The van der Waals surface area contributed by atoms with Gasteiger partial charge in [0.15, 0.2) is 0 Å². The van der Waals surface area contributed by atoms with Crippen LogP contribution in [-0.4, -0.2) is 15.7 Å². The topological polar surface area (TPSA) is 51.8 Å². The van der Waals surface area contributed by atoms with E-state index in [0.29, 0.717) is 5.82 Å². The number of nitrogen functional groups attached to an aromatic ring is 1. The van der Waals surface area contributed by atoms with Crippen LogP contribution >= 0.6 is 11.8 Å². The molecule has 0 saturated carbocycles. The highest BCUT2D eigenvalue weighted by molar-refractivity contribution is 7.99. The van der Waals surface area contributed by atoms with Gasteiger partial charge in [-0.3, -0.25) is 4.98 Å². The summed E-state index contributed by atoms with van der Waals surface area (Å²) in [5.74, 6) is 2.31. The van der Waals surface area contributed by atoms with Crippen molar-refractivity contribution in [1.82, 2.24) is 9.97 Å². The Labute approximate surface area is 83.2 Å². The summed E-state index contributed by atoms with van der Waals surface area (Å²) >= 11 is 1.71. The van der Waals surface area contributed by atoms with Crippen molar-refractivity contribution >= 4 is 17.6 Å². The van der Waals surface area contributed by atoms with Crippen molar-refractivity contribution in [1.29, 1.82) is 0 Å². The maximum absolute atomic E-state index is 5.50. The molecule has 1 rings (SSSR count). The molecule has 0 amide bonds. The zero-order chi connectivity index (χ0) is 9.68. The summed E-state index contributed by atoms with van der Waals surface area (Å²) in [5.41, 5.74) is 5.50. The van der Waals surface area contributed by atoms with E-state index >= 15 is 0 Å². The van der Waals surface area contributed by atoms with Gasteiger partial charge in [0.2, 0.25) is 0 Å². The fourth-order valence-corrected chi connectivity index (χ4v) is 1.93. The molecule has 1 aromatic heterocycles. The third-order valence-electron chi connectivity index (χ3n) is 1.58. The van der Waals surface area contributed by atoms with Crippen molar-refractivity contribution in [2.24, 2.45) is 5.92 Å². The zero-order valence-electron chi connectivity index (χ0n) is 8.03. The average Bonchev–Trinajstić information content (AvgIpc) is 2.03. The highest BCUT2D eigenvalue weighted by Crippen LogP contribution is 2.17. The van der Waals surface area contributed by atoms with Crippen molar-refractivity contribution < 1.29 is 0 Å². The van der Waals surface area contributed by atoms with Gasteiger partial charge in [-0.2, -0.15) is 0 Å². The molecule has 72 valence electrons. The number of hydrogen-bond donors (Lipinski definition) is 1. The van der Waals surface area contributed by atoms with Gasteiger partial charge in [-0.1, -0.05) is 13.8 Å². The fraction of sp³-hybridized carbons (Fsp3) is 0.556. The molecule has 0 atom stereocenters. The first-order chi connectivity index (χ1) is 6.18. The minimum Gasteiger partial charge on any atom is -0.382 e. The molecule has 3 nitrogen and oxygen atoms in total. The number of hydrogen-bond acceptors (Lipinski definition) is 4. The second kappa shape index (κ2) is 5.07. The molecule has 4 heteroatoms. The van der Waals surface area contributed by atoms with Crippen molar-refractivity contribution in [3.8, 4) is 0 Å². The van der Waals surface area contributed by atoms with Gasteiger partial charge in [0.1, 0.15) is 10.8 Å². The summed E-state index contributed by atoms with van der Waals surface area (Å²) in [6, 6.07) is 0. The van der Waals surface area contributed by atoms with Crippen molar-refractivity contribution in [2.75, 3.05) is 11.5 Å². The first kappa shape index (κ1) is 10.3. The molecular weight excluding hydrogens is 182 g/mol. The Balaban J connectivity index is 2.37. The second-order valence-electron chi connectivity index (χ2n) is 3.31. The summed E-state index contributed by atoms with van der Waals surface area (Å²) < 4.78 is 0. The number of rotatable bonds is 4. The Hall–Kier alpha value is -0.770. The molecule has 0 fully saturated rings. The molecule has 0 aliphatic heterocycles. The molecule has 0 aliphatic rings. The Morgan fingerprint density at radius 2 is 2.23 bits per heavy atom. The van der Waals surface area contributed by atoms with Crippen LogP contribution in [0.1, 0.15) is 20.3 Å². The number of aromatic nitrogens is 2. The largest absolute Gasteiger partial charge is 0.382 e. The Bertz CT molecular complexity index is 263. The fourth-order valence-electron chi connectivity index (χ4n) is 0.831. The summed E-state index contributed by atoms with van der Waals surface area (Å²) in [7, 11) is 0. The molecular formula is C9H15N3S. The minimum atomic E-state index is 0.495. The van der Waals surface area contributed by atoms with E-state index in [2.05, 4.69) is 23.8 Å². The monoisotopic (exact) mass is 197 g/mol. The Morgan fingerprint density at radius 1 is 1.46 bits per heavy atom.